The van der Waals surface area contributed by atoms with E-state index >= 15 is 0 Å². The first-order valence-corrected chi connectivity index (χ1v) is 6.79. The molecule has 2 aromatic carbocycles. The highest BCUT2D eigenvalue weighted by atomic mass is 35.5. The zero-order chi connectivity index (χ0) is 16.3. The van der Waals surface area contributed by atoms with Gasteiger partial charge < -0.3 is 22.3 Å². The fraction of sp³-hybridized carbons (Fsp3) is 0.0667. The zero-order valence-corrected chi connectivity index (χ0v) is 12.7. The summed E-state index contributed by atoms with van der Waals surface area (Å²) in [5.74, 6) is -0.170. The van der Waals surface area contributed by atoms with Crippen LogP contribution >= 0.6 is 11.6 Å². The predicted octanol–water partition coefficient (Wildman–Crippen LogP) is 2.24. The Hall–Kier alpha value is -2.73. The summed E-state index contributed by atoms with van der Waals surface area (Å²) in [6, 6.07) is 10.6. The SMILES string of the molecule is Cc1cccc(-c2cccc(Cl)c2N=C(N)N=C(N)N)c1O. The quantitative estimate of drug-likeness (QED) is 0.501. The number of phenols is 1. The van der Waals surface area contributed by atoms with Gasteiger partial charge in [-0.25, -0.2) is 4.99 Å². The van der Waals surface area contributed by atoms with Crippen LogP contribution in [0.25, 0.3) is 11.1 Å². The molecular weight excluding hydrogens is 302 g/mol. The van der Waals surface area contributed by atoms with E-state index < -0.39 is 0 Å². The molecule has 0 fully saturated rings. The molecule has 7 heteroatoms. The molecule has 0 unspecified atom stereocenters. The maximum Gasteiger partial charge on any atom is 0.223 e. The molecule has 114 valence electrons. The fourth-order valence-corrected chi connectivity index (χ4v) is 2.21. The van der Waals surface area contributed by atoms with Crippen molar-refractivity contribution in [2.45, 2.75) is 6.92 Å². The first-order valence-electron chi connectivity index (χ1n) is 6.41. The third kappa shape index (κ3) is 3.29. The van der Waals surface area contributed by atoms with Crippen LogP contribution in [0.15, 0.2) is 46.4 Å². The van der Waals surface area contributed by atoms with Gasteiger partial charge >= 0.3 is 0 Å². The first-order chi connectivity index (χ1) is 10.4. The average molecular weight is 318 g/mol. The van der Waals surface area contributed by atoms with Crippen molar-refractivity contribution in [3.05, 3.63) is 47.0 Å². The van der Waals surface area contributed by atoms with E-state index in [2.05, 4.69) is 9.98 Å². The summed E-state index contributed by atoms with van der Waals surface area (Å²) >= 11 is 6.20. The number of halogens is 1. The van der Waals surface area contributed by atoms with Gasteiger partial charge in [0, 0.05) is 11.1 Å². The van der Waals surface area contributed by atoms with Gasteiger partial charge in [0.15, 0.2) is 5.96 Å². The predicted molar refractivity (Wildman–Crippen MR) is 90.4 cm³/mol. The van der Waals surface area contributed by atoms with Crippen LogP contribution in [-0.2, 0) is 0 Å². The molecule has 0 aromatic heterocycles. The van der Waals surface area contributed by atoms with E-state index in [-0.39, 0.29) is 17.7 Å². The normalized spacial score (nSPS) is 11.3. The van der Waals surface area contributed by atoms with E-state index in [0.29, 0.717) is 21.8 Å². The summed E-state index contributed by atoms with van der Waals surface area (Å²) < 4.78 is 0. The van der Waals surface area contributed by atoms with Crippen LogP contribution in [-0.4, -0.2) is 17.0 Å². The summed E-state index contributed by atoms with van der Waals surface area (Å²) in [6.07, 6.45) is 0. The van der Waals surface area contributed by atoms with E-state index in [4.69, 9.17) is 28.8 Å². The Bertz CT molecular complexity index is 767. The molecule has 0 aliphatic heterocycles. The van der Waals surface area contributed by atoms with Gasteiger partial charge in [0.05, 0.1) is 10.7 Å². The first kappa shape index (κ1) is 15.7. The van der Waals surface area contributed by atoms with Crippen LogP contribution in [0.3, 0.4) is 0 Å². The minimum atomic E-state index is -0.201. The van der Waals surface area contributed by atoms with Crippen LogP contribution in [0, 0.1) is 6.92 Å². The second-order valence-electron chi connectivity index (χ2n) is 4.61. The lowest BCUT2D eigenvalue weighted by molar-refractivity contribution is 0.473. The van der Waals surface area contributed by atoms with Crippen molar-refractivity contribution in [2.24, 2.45) is 27.2 Å². The highest BCUT2D eigenvalue weighted by Gasteiger charge is 2.13. The summed E-state index contributed by atoms with van der Waals surface area (Å²) in [4.78, 5) is 7.82. The lowest BCUT2D eigenvalue weighted by Crippen LogP contribution is -2.26. The summed E-state index contributed by atoms with van der Waals surface area (Å²) in [6.45, 7) is 1.81. The molecule has 0 saturated heterocycles. The van der Waals surface area contributed by atoms with Gasteiger partial charge in [0.1, 0.15) is 5.75 Å². The number of aromatic hydroxyl groups is 1. The highest BCUT2D eigenvalue weighted by molar-refractivity contribution is 6.34. The molecule has 7 N–H and O–H groups in total. The Morgan fingerprint density at radius 3 is 2.36 bits per heavy atom. The van der Waals surface area contributed by atoms with Gasteiger partial charge in [-0.1, -0.05) is 41.9 Å². The molecule has 0 radical (unpaired) electrons. The number of aryl methyl sites for hydroxylation is 1. The maximum absolute atomic E-state index is 10.3. The van der Waals surface area contributed by atoms with Gasteiger partial charge in [-0.15, -0.1) is 0 Å². The number of nitrogens with zero attached hydrogens (tertiary/aromatic N) is 2. The summed E-state index contributed by atoms with van der Waals surface area (Å²) in [5, 5.41) is 10.6. The standard InChI is InChI=1S/C15H16ClN5O/c1-8-4-2-6-10(13(8)22)9-5-3-7-11(16)12(9)20-15(19)21-14(17)18/h2-7,22H,1H3,(H6,17,18,19,20,21). The molecule has 0 spiro atoms. The third-order valence-corrected chi connectivity index (χ3v) is 3.29. The number of benzene rings is 2. The molecule has 0 amide bonds. The molecule has 0 bridgehead atoms. The topological polar surface area (TPSA) is 123 Å². The Labute approximate surface area is 132 Å². The molecule has 2 aromatic rings. The van der Waals surface area contributed by atoms with E-state index in [0.717, 1.165) is 5.56 Å². The van der Waals surface area contributed by atoms with Crippen molar-refractivity contribution in [1.82, 2.24) is 0 Å². The van der Waals surface area contributed by atoms with Crippen molar-refractivity contribution in [1.29, 1.82) is 0 Å². The summed E-state index contributed by atoms with van der Waals surface area (Å²) in [7, 11) is 0. The molecule has 0 aliphatic rings. The number of nitrogens with two attached hydrogens (primary N) is 3. The van der Waals surface area contributed by atoms with Crippen molar-refractivity contribution >= 4 is 29.2 Å². The molecule has 0 atom stereocenters. The lowest BCUT2D eigenvalue weighted by atomic mass is 10.0. The fourth-order valence-electron chi connectivity index (χ4n) is 1.99. The third-order valence-electron chi connectivity index (χ3n) is 2.98. The summed E-state index contributed by atoms with van der Waals surface area (Å²) in [5.41, 5.74) is 18.6. The number of hydrogen-bond acceptors (Lipinski definition) is 2. The largest absolute Gasteiger partial charge is 0.507 e. The van der Waals surface area contributed by atoms with Crippen LogP contribution < -0.4 is 17.2 Å². The number of rotatable bonds is 2. The second-order valence-corrected chi connectivity index (χ2v) is 5.02. The molecule has 2 rings (SSSR count). The van der Waals surface area contributed by atoms with Gasteiger partial charge in [-0.3, -0.25) is 0 Å². The number of aliphatic imine (C=N–C) groups is 2. The Morgan fingerprint density at radius 2 is 1.68 bits per heavy atom. The minimum Gasteiger partial charge on any atom is -0.507 e. The van der Waals surface area contributed by atoms with Crippen molar-refractivity contribution in [3.8, 4) is 16.9 Å². The molecule has 0 aliphatic carbocycles. The maximum atomic E-state index is 10.3. The number of guanidine groups is 2. The second kappa shape index (κ2) is 6.36. The van der Waals surface area contributed by atoms with Gasteiger partial charge in [-0.2, -0.15) is 4.99 Å². The van der Waals surface area contributed by atoms with Crippen molar-refractivity contribution in [3.63, 3.8) is 0 Å². The Kier molecular flexibility index (Phi) is 4.53. The number of hydrogen-bond donors (Lipinski definition) is 4. The molecular formula is C15H16ClN5O. The van der Waals surface area contributed by atoms with Gasteiger partial charge in [0.2, 0.25) is 5.96 Å². The average Bonchev–Trinajstić information content (AvgIpc) is 2.43. The zero-order valence-electron chi connectivity index (χ0n) is 11.9. The van der Waals surface area contributed by atoms with Crippen LogP contribution in [0.1, 0.15) is 5.56 Å². The molecule has 0 saturated carbocycles. The number of para-hydroxylation sites is 2. The van der Waals surface area contributed by atoms with Crippen LogP contribution in [0.5, 0.6) is 5.75 Å². The minimum absolute atomic E-state index is 0.124. The van der Waals surface area contributed by atoms with Crippen molar-refractivity contribution in [2.75, 3.05) is 0 Å². The van der Waals surface area contributed by atoms with Crippen LogP contribution in [0.4, 0.5) is 5.69 Å². The van der Waals surface area contributed by atoms with Gasteiger partial charge in [0.25, 0.3) is 0 Å². The Balaban J connectivity index is 2.66. The number of phenolic OH excluding ortho intramolecular Hbond substituents is 1. The van der Waals surface area contributed by atoms with E-state index in [9.17, 15) is 5.11 Å². The van der Waals surface area contributed by atoms with E-state index in [1.54, 1.807) is 37.3 Å². The lowest BCUT2D eigenvalue weighted by Gasteiger charge is -2.11. The van der Waals surface area contributed by atoms with Crippen molar-refractivity contribution < 1.29 is 5.11 Å². The van der Waals surface area contributed by atoms with E-state index in [1.807, 2.05) is 6.07 Å². The Morgan fingerprint density at radius 1 is 1.05 bits per heavy atom. The van der Waals surface area contributed by atoms with Gasteiger partial charge in [-0.05, 0) is 18.6 Å². The molecule has 6 nitrogen and oxygen atoms in total. The van der Waals surface area contributed by atoms with Crippen LogP contribution in [0.2, 0.25) is 5.02 Å². The smallest absolute Gasteiger partial charge is 0.223 e. The molecule has 22 heavy (non-hydrogen) atoms. The monoisotopic (exact) mass is 317 g/mol. The highest BCUT2D eigenvalue weighted by Crippen LogP contribution is 2.41. The van der Waals surface area contributed by atoms with E-state index in [1.165, 1.54) is 0 Å². The molecule has 0 heterocycles.